The van der Waals surface area contributed by atoms with Gasteiger partial charge in [-0.1, -0.05) is 30.7 Å². The van der Waals surface area contributed by atoms with E-state index in [0.29, 0.717) is 12.5 Å². The fourth-order valence-corrected chi connectivity index (χ4v) is 3.89. The van der Waals surface area contributed by atoms with E-state index >= 15 is 0 Å². The number of nitrogens with one attached hydrogen (secondary N) is 1. The first-order valence-corrected chi connectivity index (χ1v) is 8.31. The summed E-state index contributed by atoms with van der Waals surface area (Å²) in [6.07, 6.45) is 3.13. The lowest BCUT2D eigenvalue weighted by molar-refractivity contribution is -0.120. The summed E-state index contributed by atoms with van der Waals surface area (Å²) in [6, 6.07) is 12.1. The van der Waals surface area contributed by atoms with Gasteiger partial charge in [0.05, 0.1) is 0 Å². The van der Waals surface area contributed by atoms with E-state index in [9.17, 15) is 4.79 Å². The molecule has 1 fully saturated rings. The number of amides is 1. The summed E-state index contributed by atoms with van der Waals surface area (Å²) in [5, 5.41) is 5.17. The Labute approximate surface area is 141 Å². The number of anilines is 1. The van der Waals surface area contributed by atoms with E-state index in [1.165, 1.54) is 4.88 Å². The summed E-state index contributed by atoms with van der Waals surface area (Å²) in [5.74, 6) is 0.511. The van der Waals surface area contributed by atoms with Gasteiger partial charge in [-0.15, -0.1) is 23.7 Å². The highest BCUT2D eigenvalue weighted by molar-refractivity contribution is 7.13. The molecule has 0 radical (unpaired) electrons. The Morgan fingerprint density at radius 3 is 2.77 bits per heavy atom. The minimum atomic E-state index is 0. The Bertz CT molecular complexity index is 615. The van der Waals surface area contributed by atoms with Crippen LogP contribution in [0.15, 0.2) is 41.8 Å². The zero-order valence-corrected chi connectivity index (χ0v) is 14.0. The third-order valence-corrected chi connectivity index (χ3v) is 5.17. The molecule has 1 amide bonds. The summed E-state index contributed by atoms with van der Waals surface area (Å²) in [4.78, 5) is 13.7. The van der Waals surface area contributed by atoms with Gasteiger partial charge in [0, 0.05) is 22.0 Å². The van der Waals surface area contributed by atoms with Crippen LogP contribution in [0.1, 0.15) is 19.3 Å². The van der Waals surface area contributed by atoms with Gasteiger partial charge in [0.25, 0.3) is 0 Å². The first-order chi connectivity index (χ1) is 10.3. The number of rotatable bonds is 4. The van der Waals surface area contributed by atoms with Gasteiger partial charge in [0.15, 0.2) is 0 Å². The molecule has 22 heavy (non-hydrogen) atoms. The number of carbonyl (C=O) groups is 1. The molecule has 118 valence electrons. The Morgan fingerprint density at radius 1 is 1.23 bits per heavy atom. The maximum Gasteiger partial charge on any atom is 0.227 e. The number of nitrogens with two attached hydrogens (primary N) is 1. The molecule has 1 aliphatic carbocycles. The normalized spacial score (nSPS) is 20.4. The summed E-state index contributed by atoms with van der Waals surface area (Å²) >= 11 is 1.68. The van der Waals surface area contributed by atoms with Crippen LogP contribution in [0.5, 0.6) is 0 Å². The van der Waals surface area contributed by atoms with E-state index in [2.05, 4.69) is 22.8 Å². The fraction of sp³-hybridized carbons (Fsp3) is 0.353. The maximum absolute atomic E-state index is 12.5. The van der Waals surface area contributed by atoms with Crippen LogP contribution < -0.4 is 11.1 Å². The summed E-state index contributed by atoms with van der Waals surface area (Å²) in [7, 11) is 0. The van der Waals surface area contributed by atoms with E-state index in [1.54, 1.807) is 11.3 Å². The van der Waals surface area contributed by atoms with Crippen LogP contribution in [-0.2, 0) is 4.79 Å². The second kappa shape index (κ2) is 7.77. The number of hydrogen-bond donors (Lipinski definition) is 2. The molecule has 1 heterocycles. The number of hydrogen-bond acceptors (Lipinski definition) is 3. The van der Waals surface area contributed by atoms with Gasteiger partial charge in [-0.2, -0.15) is 0 Å². The molecule has 1 saturated carbocycles. The van der Waals surface area contributed by atoms with Crippen molar-refractivity contribution in [1.82, 2.24) is 0 Å². The van der Waals surface area contributed by atoms with Gasteiger partial charge in [-0.25, -0.2) is 0 Å². The average molecular weight is 337 g/mol. The lowest BCUT2D eigenvalue weighted by Gasteiger charge is -2.18. The molecule has 0 bridgehead atoms. The van der Waals surface area contributed by atoms with Crippen molar-refractivity contribution in [3.8, 4) is 10.4 Å². The molecule has 3 nitrogen and oxygen atoms in total. The van der Waals surface area contributed by atoms with Crippen molar-refractivity contribution in [2.45, 2.75) is 19.3 Å². The maximum atomic E-state index is 12.5. The Hall–Kier alpha value is -1.36. The van der Waals surface area contributed by atoms with Crippen molar-refractivity contribution in [2.75, 3.05) is 11.9 Å². The standard InChI is InChI=1S/C17H20N2OS.ClH/c18-11-12-5-3-7-13(12)17(20)19-15-8-2-1-6-14(15)16-9-4-10-21-16;/h1-2,4,6,8-10,12-13H,3,5,7,11,18H2,(H,19,20);1H/t12-,13-;/m1./s1. The molecule has 5 heteroatoms. The van der Waals surface area contributed by atoms with Crippen LogP contribution in [-0.4, -0.2) is 12.5 Å². The summed E-state index contributed by atoms with van der Waals surface area (Å²) in [5.41, 5.74) is 7.77. The highest BCUT2D eigenvalue weighted by Gasteiger charge is 2.32. The molecular weight excluding hydrogens is 316 g/mol. The Balaban J connectivity index is 0.00000176. The lowest BCUT2D eigenvalue weighted by Crippen LogP contribution is -2.29. The fourth-order valence-electron chi connectivity index (χ4n) is 3.13. The van der Waals surface area contributed by atoms with E-state index in [1.807, 2.05) is 24.3 Å². The van der Waals surface area contributed by atoms with Gasteiger partial charge < -0.3 is 11.1 Å². The van der Waals surface area contributed by atoms with Crippen LogP contribution in [0.4, 0.5) is 5.69 Å². The molecule has 3 rings (SSSR count). The van der Waals surface area contributed by atoms with Gasteiger partial charge >= 0.3 is 0 Å². The van der Waals surface area contributed by atoms with Crippen LogP contribution in [0, 0.1) is 11.8 Å². The molecule has 0 spiro atoms. The summed E-state index contributed by atoms with van der Waals surface area (Å²) in [6.45, 7) is 0.602. The van der Waals surface area contributed by atoms with Crippen molar-refractivity contribution in [3.63, 3.8) is 0 Å². The zero-order chi connectivity index (χ0) is 14.7. The van der Waals surface area contributed by atoms with Crippen LogP contribution in [0.3, 0.4) is 0 Å². The summed E-state index contributed by atoms with van der Waals surface area (Å²) < 4.78 is 0. The molecule has 0 aliphatic heterocycles. The Morgan fingerprint density at radius 2 is 2.05 bits per heavy atom. The van der Waals surface area contributed by atoms with Gasteiger partial charge in [-0.05, 0) is 42.8 Å². The second-order valence-corrected chi connectivity index (χ2v) is 6.49. The minimum absolute atomic E-state index is 0. The van der Waals surface area contributed by atoms with E-state index in [-0.39, 0.29) is 24.2 Å². The molecule has 0 unspecified atom stereocenters. The lowest BCUT2D eigenvalue weighted by atomic mass is 9.95. The molecule has 3 N–H and O–H groups in total. The molecule has 1 aromatic heterocycles. The van der Waals surface area contributed by atoms with Gasteiger partial charge in [-0.3, -0.25) is 4.79 Å². The number of halogens is 1. The molecular formula is C17H21ClN2OS. The number of para-hydroxylation sites is 1. The molecule has 2 atom stereocenters. The average Bonchev–Trinajstić information content (AvgIpc) is 3.19. The van der Waals surface area contributed by atoms with E-state index in [0.717, 1.165) is 30.5 Å². The van der Waals surface area contributed by atoms with Crippen LogP contribution >= 0.6 is 23.7 Å². The quantitative estimate of drug-likeness (QED) is 0.881. The monoisotopic (exact) mass is 336 g/mol. The first-order valence-electron chi connectivity index (χ1n) is 7.43. The Kier molecular flexibility index (Phi) is 6.00. The topological polar surface area (TPSA) is 55.1 Å². The third-order valence-electron chi connectivity index (χ3n) is 4.27. The predicted molar refractivity (Wildman–Crippen MR) is 95.5 cm³/mol. The van der Waals surface area contributed by atoms with E-state index < -0.39 is 0 Å². The van der Waals surface area contributed by atoms with Crippen molar-refractivity contribution in [3.05, 3.63) is 41.8 Å². The molecule has 1 aliphatic rings. The molecule has 1 aromatic carbocycles. The van der Waals surface area contributed by atoms with Crippen LogP contribution in [0.2, 0.25) is 0 Å². The van der Waals surface area contributed by atoms with E-state index in [4.69, 9.17) is 5.73 Å². The van der Waals surface area contributed by atoms with Crippen LogP contribution in [0.25, 0.3) is 10.4 Å². The van der Waals surface area contributed by atoms with Crippen molar-refractivity contribution in [1.29, 1.82) is 0 Å². The van der Waals surface area contributed by atoms with Gasteiger partial charge in [0.1, 0.15) is 0 Å². The number of benzene rings is 1. The SMILES string of the molecule is Cl.NC[C@H]1CCC[C@H]1C(=O)Nc1ccccc1-c1cccs1. The molecule has 2 aromatic rings. The minimum Gasteiger partial charge on any atom is -0.330 e. The number of thiophene rings is 1. The van der Waals surface area contributed by atoms with Crippen molar-refractivity contribution in [2.24, 2.45) is 17.6 Å². The zero-order valence-electron chi connectivity index (χ0n) is 12.3. The predicted octanol–water partition coefficient (Wildman–Crippen LogP) is 4.15. The second-order valence-electron chi connectivity index (χ2n) is 5.55. The van der Waals surface area contributed by atoms with Crippen molar-refractivity contribution < 1.29 is 4.79 Å². The highest BCUT2D eigenvalue weighted by atomic mass is 35.5. The highest BCUT2D eigenvalue weighted by Crippen LogP contribution is 2.34. The smallest absolute Gasteiger partial charge is 0.227 e. The first kappa shape index (κ1) is 17.0. The number of carbonyl (C=O) groups excluding carboxylic acids is 1. The largest absolute Gasteiger partial charge is 0.330 e. The van der Waals surface area contributed by atoms with Crippen molar-refractivity contribution >= 4 is 35.3 Å². The third kappa shape index (κ3) is 3.51. The van der Waals surface area contributed by atoms with Gasteiger partial charge in [0.2, 0.25) is 5.91 Å². The molecule has 0 saturated heterocycles.